The molecule has 0 amide bonds. The second-order valence-corrected chi connectivity index (χ2v) is 4.18. The fraction of sp³-hybridized carbons (Fsp3) is 0.500. The summed E-state index contributed by atoms with van der Waals surface area (Å²) in [6, 6.07) is 0. The van der Waals surface area contributed by atoms with Crippen molar-refractivity contribution in [2.45, 2.75) is 9.96 Å². The Hall–Kier alpha value is 0.650. The van der Waals surface area contributed by atoms with Gasteiger partial charge in [-0.2, -0.15) is 20.5 Å². The van der Waals surface area contributed by atoms with Crippen LogP contribution in [0, 0.1) is 6.26 Å². The van der Waals surface area contributed by atoms with E-state index in [0.717, 1.165) is 11.8 Å². The molecule has 0 aliphatic rings. The second-order valence-electron chi connectivity index (χ2n) is 1.89. The monoisotopic (exact) mass is 281 g/mol. The third kappa shape index (κ3) is 4.05. The summed E-state index contributed by atoms with van der Waals surface area (Å²) in [4.78, 5) is -3.76. The van der Waals surface area contributed by atoms with E-state index in [0.29, 0.717) is 11.8 Å². The fourth-order valence-electron chi connectivity index (χ4n) is 0.359. The van der Waals surface area contributed by atoms with Gasteiger partial charge in [0.05, 0.1) is 0 Å². The van der Waals surface area contributed by atoms with Gasteiger partial charge in [-0.05, 0) is 22.0 Å². The topological polar surface area (TPSA) is 0 Å². The van der Waals surface area contributed by atoms with Crippen LogP contribution in [0.4, 0.5) is 13.2 Å². The molecule has 0 nitrogen and oxygen atoms in total. The van der Waals surface area contributed by atoms with Crippen molar-refractivity contribution in [2.75, 3.05) is 5.75 Å². The lowest BCUT2D eigenvalue weighted by atomic mass is 10.3. The number of hydrogen-bond acceptors (Lipinski definition) is 1. The average Bonchev–Trinajstić information content (AvgIpc) is 1.85. The predicted octanol–water partition coefficient (Wildman–Crippen LogP) is 3.96. The minimum absolute atomic E-state index is 0.335. The molecular weight excluding hydrogens is 276 g/mol. The fourth-order valence-corrected chi connectivity index (χ4v) is 0.812. The molecule has 1 radical (unpaired) electrons. The molecule has 1 atom stereocenters. The van der Waals surface area contributed by atoms with Crippen LogP contribution >= 0.6 is 39.3 Å². The van der Waals surface area contributed by atoms with Gasteiger partial charge >= 0.3 is 4.83 Å². The molecule has 0 saturated heterocycles. The molecule has 0 bridgehead atoms. The van der Waals surface area contributed by atoms with Crippen molar-refractivity contribution in [1.29, 1.82) is 0 Å². The largest absolute Gasteiger partial charge is 0.352 e. The quantitative estimate of drug-likeness (QED) is 0.555. The summed E-state index contributed by atoms with van der Waals surface area (Å²) in [5.41, 5.74) is 0. The maximum absolute atomic E-state index is 12.8. The molecule has 71 valence electrons. The summed E-state index contributed by atoms with van der Waals surface area (Å²) in [7, 11) is 0. The van der Waals surface area contributed by atoms with E-state index in [1.54, 1.807) is 0 Å². The van der Waals surface area contributed by atoms with Gasteiger partial charge in [-0.3, -0.25) is 0 Å². The predicted molar refractivity (Wildman–Crippen MR) is 50.5 cm³/mol. The summed E-state index contributed by atoms with van der Waals surface area (Å²) in [6.45, 7) is 0. The van der Waals surface area contributed by atoms with Crippen molar-refractivity contribution in [2.24, 2.45) is 0 Å². The van der Waals surface area contributed by atoms with Crippen molar-refractivity contribution in [3.8, 4) is 0 Å². The molecule has 0 aliphatic heterocycles. The van der Waals surface area contributed by atoms with Crippen LogP contribution in [0.2, 0.25) is 0 Å². The molecule has 0 heterocycles. The lowest BCUT2D eigenvalue weighted by molar-refractivity contribution is 0.0218. The van der Waals surface area contributed by atoms with E-state index in [-0.39, 0.29) is 0 Å². The van der Waals surface area contributed by atoms with E-state index in [4.69, 9.17) is 11.6 Å². The summed E-state index contributed by atoms with van der Waals surface area (Å²) in [5.74, 6) is 0.335. The van der Waals surface area contributed by atoms with Crippen molar-refractivity contribution in [3.05, 3.63) is 18.4 Å². The first-order valence-corrected chi connectivity index (χ1v) is 5.13. The Bertz CT molecular complexity index is 167. The molecule has 0 aliphatic carbocycles. The van der Waals surface area contributed by atoms with E-state index < -0.39 is 9.96 Å². The Balaban J connectivity index is 4.22. The van der Waals surface area contributed by atoms with Gasteiger partial charge in [-0.15, -0.1) is 0 Å². The maximum atomic E-state index is 12.8. The van der Waals surface area contributed by atoms with Gasteiger partial charge in [0.15, 0.2) is 0 Å². The molecule has 0 aromatic carbocycles. The third-order valence-electron chi connectivity index (χ3n) is 0.919. The first-order valence-electron chi connectivity index (χ1n) is 2.80. The first-order chi connectivity index (χ1) is 5.31. The smallest absolute Gasteiger partial charge is 0.214 e. The zero-order chi connectivity index (χ0) is 9.83. The van der Waals surface area contributed by atoms with E-state index in [2.05, 4.69) is 6.26 Å². The summed E-state index contributed by atoms with van der Waals surface area (Å²) < 4.78 is 37.3. The van der Waals surface area contributed by atoms with Crippen molar-refractivity contribution in [3.63, 3.8) is 0 Å². The highest BCUT2D eigenvalue weighted by Crippen LogP contribution is 2.42. The van der Waals surface area contributed by atoms with Crippen LogP contribution in [-0.4, -0.2) is 15.7 Å². The Labute approximate surface area is 86.7 Å². The molecule has 0 spiro atoms. The number of hydrogen-bond donors (Lipinski definition) is 0. The molecule has 1 unspecified atom stereocenters. The lowest BCUT2D eigenvalue weighted by Gasteiger charge is -2.18. The van der Waals surface area contributed by atoms with Gasteiger partial charge in [0.1, 0.15) is 0 Å². The Morgan fingerprint density at radius 1 is 1.50 bits per heavy atom. The maximum Gasteiger partial charge on any atom is 0.352 e. The highest BCUT2D eigenvalue weighted by molar-refractivity contribution is 9.10. The minimum atomic E-state index is -3.76. The van der Waals surface area contributed by atoms with E-state index in [9.17, 15) is 13.2 Å². The molecule has 0 N–H and O–H groups in total. The zero-order valence-electron chi connectivity index (χ0n) is 5.87. The van der Waals surface area contributed by atoms with Gasteiger partial charge in [-0.25, -0.2) is 4.39 Å². The normalized spacial score (nSPS) is 18.2. The molecule has 0 aromatic heterocycles. The average molecular weight is 283 g/mol. The van der Waals surface area contributed by atoms with Gasteiger partial charge in [0.2, 0.25) is 0 Å². The van der Waals surface area contributed by atoms with Crippen LogP contribution in [0.3, 0.4) is 0 Å². The number of alkyl halides is 5. The molecule has 6 heteroatoms. The zero-order valence-corrected chi connectivity index (χ0v) is 9.03. The molecule has 0 aromatic rings. The Kier molecular flexibility index (Phi) is 5.02. The number of allylic oxidation sites excluding steroid dienone is 1. The molecule has 0 rings (SSSR count). The van der Waals surface area contributed by atoms with E-state index in [1.807, 2.05) is 15.9 Å². The SMILES string of the molecule is [CH2]SC/C=C/C(F)(Cl)C(F)(F)Br. The molecule has 0 fully saturated rings. The van der Waals surface area contributed by atoms with Crippen LogP contribution in [0.25, 0.3) is 0 Å². The van der Waals surface area contributed by atoms with Crippen LogP contribution in [-0.2, 0) is 0 Å². The molecule has 12 heavy (non-hydrogen) atoms. The lowest BCUT2D eigenvalue weighted by Crippen LogP contribution is -2.31. The second kappa shape index (κ2) is 4.77. The Morgan fingerprint density at radius 3 is 2.33 bits per heavy atom. The van der Waals surface area contributed by atoms with Crippen LogP contribution in [0.5, 0.6) is 0 Å². The van der Waals surface area contributed by atoms with Gasteiger partial charge in [0.25, 0.3) is 5.13 Å². The number of halogens is 5. The van der Waals surface area contributed by atoms with Crippen LogP contribution in [0.1, 0.15) is 0 Å². The molecular formula is C6H6BrClF3S. The van der Waals surface area contributed by atoms with E-state index in [1.165, 1.54) is 6.08 Å². The highest BCUT2D eigenvalue weighted by Gasteiger charge is 2.49. The van der Waals surface area contributed by atoms with Crippen molar-refractivity contribution < 1.29 is 13.2 Å². The van der Waals surface area contributed by atoms with Crippen molar-refractivity contribution in [1.82, 2.24) is 0 Å². The van der Waals surface area contributed by atoms with E-state index >= 15 is 0 Å². The standard InChI is InChI=1S/C6H6BrClF3S/c1-12-4-2-3-5(8,9)6(7,10)11/h2-3H,1,4H2/b3-2+. The summed E-state index contributed by atoms with van der Waals surface area (Å²) in [6.07, 6.45) is 5.16. The van der Waals surface area contributed by atoms with Crippen LogP contribution < -0.4 is 0 Å². The highest BCUT2D eigenvalue weighted by atomic mass is 79.9. The van der Waals surface area contributed by atoms with Crippen molar-refractivity contribution >= 4 is 39.3 Å². The van der Waals surface area contributed by atoms with Gasteiger partial charge in [0, 0.05) is 12.0 Å². The number of rotatable bonds is 4. The number of thioether (sulfide) groups is 1. The first kappa shape index (κ1) is 12.7. The minimum Gasteiger partial charge on any atom is -0.214 e. The summed E-state index contributed by atoms with van der Waals surface area (Å²) in [5, 5.41) is -3.18. The summed E-state index contributed by atoms with van der Waals surface area (Å²) >= 11 is 7.84. The molecule has 0 saturated carbocycles. The van der Waals surface area contributed by atoms with Gasteiger partial charge in [-0.1, -0.05) is 17.7 Å². The Morgan fingerprint density at radius 2 is 2.00 bits per heavy atom. The van der Waals surface area contributed by atoms with Crippen LogP contribution in [0.15, 0.2) is 12.2 Å². The third-order valence-corrected chi connectivity index (χ3v) is 2.52. The van der Waals surface area contributed by atoms with Gasteiger partial charge < -0.3 is 0 Å².